The van der Waals surface area contributed by atoms with Crippen LogP contribution in [0.3, 0.4) is 0 Å². The Kier molecular flexibility index (Phi) is 11.0. The Morgan fingerprint density at radius 2 is 1.22 bits per heavy atom. The molecule has 1 aliphatic rings. The Morgan fingerprint density at radius 3 is 1.87 bits per heavy atom. The molecule has 0 N–H and O–H groups in total. The zero-order chi connectivity index (χ0) is 31.6. The molecule has 0 radical (unpaired) electrons. The van der Waals surface area contributed by atoms with Crippen LogP contribution in [0.25, 0.3) is 0 Å². The largest absolute Gasteiger partial charge is 0.488 e. The molecule has 2 atom stereocenters. The van der Waals surface area contributed by atoms with E-state index in [1.807, 2.05) is 0 Å². The number of piperidine rings is 1. The third kappa shape index (κ3) is 8.35. The molecule has 5 aromatic carbocycles. The first-order valence-corrected chi connectivity index (χ1v) is 18.1. The van der Waals surface area contributed by atoms with Crippen LogP contribution in [0.2, 0.25) is 0 Å². The summed E-state index contributed by atoms with van der Waals surface area (Å²) in [6.07, 6.45) is 6.78. The highest BCUT2D eigenvalue weighted by Crippen LogP contribution is 2.49. The summed E-state index contributed by atoms with van der Waals surface area (Å²) in [5.41, 5.74) is 9.30. The lowest BCUT2D eigenvalue weighted by Crippen LogP contribution is -2.31. The van der Waals surface area contributed by atoms with Crippen LogP contribution in [0, 0.1) is 0 Å². The van der Waals surface area contributed by atoms with E-state index >= 15 is 0 Å². The van der Waals surface area contributed by atoms with Crippen LogP contribution < -0.4 is 10.0 Å². The highest BCUT2D eigenvalue weighted by Gasteiger charge is 2.32. The minimum atomic E-state index is -0.0812. The Bertz CT molecular complexity index is 1660. The Morgan fingerprint density at radius 1 is 0.630 bits per heavy atom. The van der Waals surface area contributed by atoms with E-state index in [2.05, 4.69) is 146 Å². The van der Waals surface area contributed by atoms with E-state index in [1.165, 1.54) is 76.6 Å². The van der Waals surface area contributed by atoms with Crippen LogP contribution in [0.15, 0.2) is 127 Å². The quantitative estimate of drug-likeness (QED) is 0.121. The second kappa shape index (κ2) is 15.7. The highest BCUT2D eigenvalue weighted by atomic mass is 31.1. The first-order valence-electron chi connectivity index (χ1n) is 17.1. The summed E-state index contributed by atoms with van der Waals surface area (Å²) in [5.74, 6) is 1.06. The maximum absolute atomic E-state index is 6.97. The lowest BCUT2D eigenvalue weighted by atomic mass is 9.88. The Hall–Kier alpha value is -3.71. The Balaban J connectivity index is 1.43. The number of hydrogen-bond acceptors (Lipinski definition) is 2. The number of nitrogens with zero attached hydrogens (tertiary/aromatic N) is 1. The summed E-state index contributed by atoms with van der Waals surface area (Å²) in [6, 6.07) is 46.5. The monoisotopic (exact) mass is 625 g/mol. The van der Waals surface area contributed by atoms with Gasteiger partial charge in [0.05, 0.1) is 0 Å². The second-order valence-corrected chi connectivity index (χ2v) is 14.9. The van der Waals surface area contributed by atoms with Gasteiger partial charge in [-0.05, 0) is 77.5 Å². The van der Waals surface area contributed by atoms with Crippen molar-refractivity contribution in [3.8, 4) is 5.75 Å². The van der Waals surface area contributed by atoms with Crippen molar-refractivity contribution in [1.82, 2.24) is 4.90 Å². The van der Waals surface area contributed by atoms with E-state index in [-0.39, 0.29) is 5.16 Å². The summed E-state index contributed by atoms with van der Waals surface area (Å²) in [6.45, 7) is 8.87. The van der Waals surface area contributed by atoms with E-state index in [0.29, 0.717) is 15.2 Å². The fraction of sp³-hybridized carbons (Fsp3) is 0.302. The average Bonchev–Trinajstić information content (AvgIpc) is 3.10. The van der Waals surface area contributed by atoms with Gasteiger partial charge in [-0.2, -0.15) is 0 Å². The van der Waals surface area contributed by atoms with Crippen molar-refractivity contribution in [3.05, 3.63) is 166 Å². The van der Waals surface area contributed by atoms with Crippen molar-refractivity contribution in [2.24, 2.45) is 0 Å². The first-order chi connectivity index (χ1) is 22.6. The molecule has 0 bridgehead atoms. The molecule has 1 heterocycles. The smallest absolute Gasteiger partial charge is 0.127 e. The maximum Gasteiger partial charge on any atom is 0.127 e. The molecule has 0 saturated carbocycles. The molecule has 6 rings (SSSR count). The second-order valence-electron chi connectivity index (χ2n) is 13.0. The topological polar surface area (TPSA) is 12.5 Å². The molecule has 0 aromatic heterocycles. The Labute approximate surface area is 278 Å². The summed E-state index contributed by atoms with van der Waals surface area (Å²) < 4.78 is 6.97. The van der Waals surface area contributed by atoms with Gasteiger partial charge in [-0.3, -0.25) is 4.90 Å². The first kappa shape index (κ1) is 32.2. The van der Waals surface area contributed by atoms with Gasteiger partial charge in [-0.25, -0.2) is 0 Å². The zero-order valence-electron chi connectivity index (χ0n) is 27.6. The summed E-state index contributed by atoms with van der Waals surface area (Å²) in [5, 5.41) is 1.41. The average molecular weight is 626 g/mol. The van der Waals surface area contributed by atoms with E-state index in [4.69, 9.17) is 4.74 Å². The van der Waals surface area contributed by atoms with Crippen LogP contribution in [-0.2, 0) is 31.1 Å². The predicted octanol–water partition coefficient (Wildman–Crippen LogP) is 10.1. The van der Waals surface area contributed by atoms with Crippen LogP contribution >= 0.6 is 8.58 Å². The fourth-order valence-electron chi connectivity index (χ4n) is 6.73. The molecule has 1 saturated heterocycles. The standard InChI is InChI=1S/C43H48NOP/c1-3-43(2,46-41-25-15-14-24-38(41)32-44-26-16-7-17-27-44)40-31-37(28-34-18-8-4-9-19-34)30-39(29-35-20-10-5-11-21-35)42(40)45-33-36-22-12-6-13-23-36/h4-6,8-15,18-25,30-31,46H,3,7,16-17,26-29,32-33H2,1-2H3. The van der Waals surface area contributed by atoms with Gasteiger partial charge in [0, 0.05) is 23.7 Å². The third-order valence-corrected chi connectivity index (χ3v) is 11.4. The molecular formula is C43H48NOP. The number of rotatable bonds is 13. The van der Waals surface area contributed by atoms with E-state index < -0.39 is 0 Å². The zero-order valence-corrected chi connectivity index (χ0v) is 28.6. The van der Waals surface area contributed by atoms with Crippen LogP contribution in [0.1, 0.15) is 78.5 Å². The molecule has 3 heteroatoms. The molecule has 0 aliphatic carbocycles. The summed E-state index contributed by atoms with van der Waals surface area (Å²) in [7, 11) is 0.635. The number of hydrogen-bond donors (Lipinski definition) is 0. The number of ether oxygens (including phenoxy) is 1. The molecule has 5 aromatic rings. The van der Waals surface area contributed by atoms with Gasteiger partial charge in [-0.15, -0.1) is 0 Å². The summed E-state index contributed by atoms with van der Waals surface area (Å²) >= 11 is 0. The predicted molar refractivity (Wildman–Crippen MR) is 197 cm³/mol. The van der Waals surface area contributed by atoms with Gasteiger partial charge < -0.3 is 4.74 Å². The van der Waals surface area contributed by atoms with Crippen molar-refractivity contribution < 1.29 is 4.74 Å². The van der Waals surface area contributed by atoms with E-state index in [9.17, 15) is 0 Å². The lowest BCUT2D eigenvalue weighted by molar-refractivity contribution is 0.221. The van der Waals surface area contributed by atoms with Gasteiger partial charge in [0.15, 0.2) is 0 Å². The minimum Gasteiger partial charge on any atom is -0.488 e. The lowest BCUT2D eigenvalue weighted by Gasteiger charge is -2.34. The third-order valence-electron chi connectivity index (χ3n) is 9.51. The molecule has 46 heavy (non-hydrogen) atoms. The number of benzene rings is 5. The molecule has 2 nitrogen and oxygen atoms in total. The number of likely N-dealkylation sites (tertiary alicyclic amines) is 1. The van der Waals surface area contributed by atoms with Crippen molar-refractivity contribution in [2.75, 3.05) is 13.1 Å². The van der Waals surface area contributed by atoms with Crippen molar-refractivity contribution in [3.63, 3.8) is 0 Å². The van der Waals surface area contributed by atoms with Crippen LogP contribution in [0.4, 0.5) is 0 Å². The normalized spacial score (nSPS) is 15.2. The van der Waals surface area contributed by atoms with E-state index in [1.54, 1.807) is 0 Å². The van der Waals surface area contributed by atoms with Gasteiger partial charge in [0.2, 0.25) is 0 Å². The van der Waals surface area contributed by atoms with Gasteiger partial charge in [0.25, 0.3) is 0 Å². The van der Waals surface area contributed by atoms with Gasteiger partial charge in [0.1, 0.15) is 12.4 Å². The highest BCUT2D eigenvalue weighted by molar-refractivity contribution is 7.48. The van der Waals surface area contributed by atoms with Crippen molar-refractivity contribution >= 4 is 13.9 Å². The molecule has 0 spiro atoms. The molecule has 1 aliphatic heterocycles. The van der Waals surface area contributed by atoms with Crippen molar-refractivity contribution in [1.29, 1.82) is 0 Å². The molecule has 236 valence electrons. The minimum absolute atomic E-state index is 0.0812. The van der Waals surface area contributed by atoms with Crippen LogP contribution in [0.5, 0.6) is 5.75 Å². The fourth-order valence-corrected chi connectivity index (χ4v) is 8.32. The molecule has 1 fully saturated rings. The van der Waals surface area contributed by atoms with Gasteiger partial charge >= 0.3 is 0 Å². The molecular weight excluding hydrogens is 577 g/mol. The maximum atomic E-state index is 6.97. The summed E-state index contributed by atoms with van der Waals surface area (Å²) in [4.78, 5) is 2.66. The molecule has 2 unspecified atom stereocenters. The van der Waals surface area contributed by atoms with Gasteiger partial charge in [-0.1, -0.05) is 156 Å². The van der Waals surface area contributed by atoms with Crippen LogP contribution in [-0.4, -0.2) is 18.0 Å². The SMILES string of the molecule is CCC(C)(Pc1ccccc1CN1CCCCC1)c1cc(Cc2ccccc2)cc(Cc2ccccc2)c1OCc1ccccc1. The molecule has 0 amide bonds. The van der Waals surface area contributed by atoms with Crippen molar-refractivity contribution in [2.45, 2.75) is 70.7 Å². The van der Waals surface area contributed by atoms with E-state index in [0.717, 1.165) is 31.6 Å².